The van der Waals surface area contributed by atoms with E-state index in [1.165, 1.54) is 36.9 Å². The molecule has 0 unspecified atom stereocenters. The summed E-state index contributed by atoms with van der Waals surface area (Å²) >= 11 is 0. The van der Waals surface area contributed by atoms with Gasteiger partial charge >= 0.3 is 0 Å². The van der Waals surface area contributed by atoms with E-state index in [-0.39, 0.29) is 0 Å². The van der Waals surface area contributed by atoms with E-state index < -0.39 is 0 Å². The minimum atomic E-state index is 0.385. The molecule has 18 heavy (non-hydrogen) atoms. The smallest absolute Gasteiger partial charge is 0.202 e. The third-order valence-corrected chi connectivity index (χ3v) is 4.68. The quantitative estimate of drug-likeness (QED) is 0.588. The van der Waals surface area contributed by atoms with Crippen LogP contribution in [0, 0.1) is 6.92 Å². The molecule has 0 radical (unpaired) electrons. The fourth-order valence-corrected chi connectivity index (χ4v) is 3.63. The standard InChI is InChI=1S/C15H20N.C2H6/c1-11-6-7-14-13(10-11)15(8-4-5-9-15)12(2)16(14)3;1-2/h6-7,10H,4-5,8-9H2,1-3H3;1-2H3/q+1;. The summed E-state index contributed by atoms with van der Waals surface area (Å²) in [6, 6.07) is 6.94. The van der Waals surface area contributed by atoms with Crippen molar-refractivity contribution < 1.29 is 4.58 Å². The van der Waals surface area contributed by atoms with E-state index in [0.717, 1.165) is 0 Å². The number of nitrogens with zero attached hydrogens (tertiary/aromatic N) is 1. The Bertz CT molecular complexity index is 476. The Kier molecular flexibility index (Phi) is 3.61. The molecule has 0 aromatic heterocycles. The van der Waals surface area contributed by atoms with Crippen molar-refractivity contribution >= 4 is 11.4 Å². The second kappa shape index (κ2) is 4.87. The summed E-state index contributed by atoms with van der Waals surface area (Å²) in [5.41, 5.74) is 6.37. The lowest BCUT2D eigenvalue weighted by molar-refractivity contribution is -0.403. The topological polar surface area (TPSA) is 3.01 Å². The fourth-order valence-electron chi connectivity index (χ4n) is 3.63. The van der Waals surface area contributed by atoms with Gasteiger partial charge in [0, 0.05) is 18.6 Å². The maximum atomic E-state index is 2.41. The predicted molar refractivity (Wildman–Crippen MR) is 79.2 cm³/mol. The lowest BCUT2D eigenvalue weighted by atomic mass is 9.76. The Morgan fingerprint density at radius 2 is 1.67 bits per heavy atom. The second-order valence-electron chi connectivity index (χ2n) is 5.45. The first-order valence-corrected chi connectivity index (χ1v) is 7.34. The van der Waals surface area contributed by atoms with Crippen LogP contribution in [0.3, 0.4) is 0 Å². The highest BCUT2D eigenvalue weighted by Gasteiger charge is 2.50. The summed E-state index contributed by atoms with van der Waals surface area (Å²) in [6.07, 6.45) is 5.47. The van der Waals surface area contributed by atoms with Gasteiger partial charge in [0.2, 0.25) is 5.69 Å². The van der Waals surface area contributed by atoms with E-state index in [1.807, 2.05) is 13.8 Å². The molecule has 0 atom stereocenters. The number of benzene rings is 1. The molecule has 98 valence electrons. The first-order valence-electron chi connectivity index (χ1n) is 7.34. The van der Waals surface area contributed by atoms with Crippen molar-refractivity contribution in [3.8, 4) is 0 Å². The van der Waals surface area contributed by atoms with E-state index in [2.05, 4.69) is 43.7 Å². The Balaban J connectivity index is 0.000000574. The van der Waals surface area contributed by atoms with Crippen molar-refractivity contribution in [2.75, 3.05) is 7.05 Å². The van der Waals surface area contributed by atoms with Crippen LogP contribution in [0.4, 0.5) is 5.69 Å². The van der Waals surface area contributed by atoms with Crippen LogP contribution < -0.4 is 0 Å². The third-order valence-electron chi connectivity index (χ3n) is 4.68. The van der Waals surface area contributed by atoms with Crippen LogP contribution in [-0.4, -0.2) is 17.3 Å². The minimum Gasteiger partial charge on any atom is -0.202 e. The molecule has 1 saturated carbocycles. The van der Waals surface area contributed by atoms with Gasteiger partial charge in [-0.25, -0.2) is 4.58 Å². The van der Waals surface area contributed by atoms with Crippen molar-refractivity contribution in [1.82, 2.24) is 0 Å². The van der Waals surface area contributed by atoms with Crippen LogP contribution in [0.5, 0.6) is 0 Å². The summed E-state index contributed by atoms with van der Waals surface area (Å²) in [6.45, 7) is 8.53. The Morgan fingerprint density at radius 3 is 2.28 bits per heavy atom. The highest BCUT2D eigenvalue weighted by Crippen LogP contribution is 2.49. The molecular formula is C17H26N+. The van der Waals surface area contributed by atoms with Crippen molar-refractivity contribution in [3.05, 3.63) is 29.3 Å². The highest BCUT2D eigenvalue weighted by molar-refractivity contribution is 5.94. The second-order valence-corrected chi connectivity index (χ2v) is 5.45. The number of fused-ring (bicyclic) bond motifs is 2. The summed E-state index contributed by atoms with van der Waals surface area (Å²) in [4.78, 5) is 0. The van der Waals surface area contributed by atoms with Crippen LogP contribution in [0.15, 0.2) is 18.2 Å². The molecule has 0 bridgehead atoms. The Labute approximate surface area is 112 Å². The minimum absolute atomic E-state index is 0.385. The number of rotatable bonds is 0. The SMILES string of the molecule is CC.CC1=[N+](C)c2ccc(C)cc2C12CCCC2. The number of hydrogen-bond donors (Lipinski definition) is 0. The molecule has 1 aliphatic carbocycles. The molecular weight excluding hydrogens is 218 g/mol. The van der Waals surface area contributed by atoms with Gasteiger partial charge in [-0.1, -0.05) is 38.3 Å². The molecule has 1 aromatic rings. The largest absolute Gasteiger partial charge is 0.209 e. The number of hydrogen-bond acceptors (Lipinski definition) is 0. The van der Waals surface area contributed by atoms with Gasteiger partial charge in [0.05, 0.1) is 5.41 Å². The molecule has 1 aliphatic heterocycles. The average Bonchev–Trinajstić information content (AvgIpc) is 2.95. The zero-order chi connectivity index (χ0) is 13.3. The van der Waals surface area contributed by atoms with Crippen molar-refractivity contribution in [2.45, 2.75) is 58.8 Å². The molecule has 1 spiro atoms. The van der Waals surface area contributed by atoms with E-state index in [1.54, 1.807) is 11.3 Å². The van der Waals surface area contributed by atoms with Gasteiger partial charge in [0.1, 0.15) is 7.05 Å². The average molecular weight is 244 g/mol. The molecule has 2 aliphatic rings. The zero-order valence-electron chi connectivity index (χ0n) is 12.5. The molecule has 1 heteroatoms. The molecule has 0 amide bonds. The first-order chi connectivity index (χ1) is 8.65. The van der Waals surface area contributed by atoms with Gasteiger partial charge in [-0.2, -0.15) is 0 Å². The van der Waals surface area contributed by atoms with Gasteiger partial charge in [-0.05, 0) is 25.8 Å². The molecule has 1 aromatic carbocycles. The van der Waals surface area contributed by atoms with Gasteiger partial charge in [0.15, 0.2) is 5.71 Å². The summed E-state index contributed by atoms with van der Waals surface area (Å²) in [5, 5.41) is 0. The highest BCUT2D eigenvalue weighted by atomic mass is 15.0. The van der Waals surface area contributed by atoms with E-state index >= 15 is 0 Å². The molecule has 0 N–H and O–H groups in total. The van der Waals surface area contributed by atoms with Crippen LogP contribution in [-0.2, 0) is 5.41 Å². The summed E-state index contributed by atoms with van der Waals surface area (Å²) < 4.78 is 2.40. The maximum Gasteiger partial charge on any atom is 0.209 e. The van der Waals surface area contributed by atoms with Crippen LogP contribution in [0.1, 0.15) is 57.6 Å². The Hall–Kier alpha value is -1.11. The zero-order valence-corrected chi connectivity index (χ0v) is 12.5. The van der Waals surface area contributed by atoms with Crippen LogP contribution in [0.2, 0.25) is 0 Å². The summed E-state index contributed by atoms with van der Waals surface area (Å²) in [7, 11) is 2.22. The summed E-state index contributed by atoms with van der Waals surface area (Å²) in [5.74, 6) is 0. The Morgan fingerprint density at radius 1 is 1.06 bits per heavy atom. The first kappa shape index (κ1) is 13.3. The third kappa shape index (κ3) is 1.72. The van der Waals surface area contributed by atoms with E-state index in [0.29, 0.717) is 5.41 Å². The van der Waals surface area contributed by atoms with Crippen molar-refractivity contribution in [3.63, 3.8) is 0 Å². The van der Waals surface area contributed by atoms with Gasteiger partial charge in [-0.15, -0.1) is 0 Å². The lowest BCUT2D eigenvalue weighted by Gasteiger charge is -2.20. The molecule has 1 nitrogen and oxygen atoms in total. The van der Waals surface area contributed by atoms with Gasteiger partial charge in [0.25, 0.3) is 0 Å². The molecule has 3 rings (SSSR count). The predicted octanol–water partition coefficient (Wildman–Crippen LogP) is 4.58. The molecule has 0 saturated heterocycles. The monoisotopic (exact) mass is 244 g/mol. The number of aryl methyl sites for hydroxylation is 1. The van der Waals surface area contributed by atoms with Crippen molar-refractivity contribution in [2.24, 2.45) is 0 Å². The fraction of sp³-hybridized carbons (Fsp3) is 0.588. The van der Waals surface area contributed by atoms with Crippen LogP contribution >= 0.6 is 0 Å². The molecule has 1 fully saturated rings. The normalized spacial score (nSPS) is 19.8. The van der Waals surface area contributed by atoms with Gasteiger partial charge < -0.3 is 0 Å². The van der Waals surface area contributed by atoms with E-state index in [4.69, 9.17) is 0 Å². The van der Waals surface area contributed by atoms with Gasteiger partial charge in [-0.3, -0.25) is 0 Å². The van der Waals surface area contributed by atoms with Crippen LogP contribution in [0.25, 0.3) is 0 Å². The maximum absolute atomic E-state index is 2.41. The molecule has 1 heterocycles. The van der Waals surface area contributed by atoms with E-state index in [9.17, 15) is 0 Å². The van der Waals surface area contributed by atoms with Crippen molar-refractivity contribution in [1.29, 1.82) is 0 Å². The lowest BCUT2D eigenvalue weighted by Crippen LogP contribution is -2.29.